The van der Waals surface area contributed by atoms with Gasteiger partial charge in [-0.1, -0.05) is 30.3 Å². The van der Waals surface area contributed by atoms with E-state index in [2.05, 4.69) is 20.7 Å². The van der Waals surface area contributed by atoms with Crippen LogP contribution in [0, 0.1) is 0 Å². The van der Waals surface area contributed by atoms with Crippen molar-refractivity contribution in [1.29, 1.82) is 0 Å². The van der Waals surface area contributed by atoms with Crippen LogP contribution in [0.15, 0.2) is 41.5 Å². The minimum absolute atomic E-state index is 0.139. The Balaban J connectivity index is 1.69. The molecule has 0 radical (unpaired) electrons. The molecule has 1 aromatic carbocycles. The molecule has 0 unspecified atom stereocenters. The molecule has 1 aliphatic rings. The van der Waals surface area contributed by atoms with Crippen LogP contribution in [-0.4, -0.2) is 33.3 Å². The third-order valence-electron chi connectivity index (χ3n) is 3.88. The number of hydrogen-bond acceptors (Lipinski definition) is 5. The van der Waals surface area contributed by atoms with Crippen LogP contribution in [0.25, 0.3) is 0 Å². The normalized spacial score (nSPS) is 13.2. The van der Waals surface area contributed by atoms with Gasteiger partial charge >= 0.3 is 0 Å². The molecule has 6 heteroatoms. The van der Waals surface area contributed by atoms with Gasteiger partial charge in [-0.2, -0.15) is 10.2 Å². The van der Waals surface area contributed by atoms with Crippen LogP contribution in [-0.2, 0) is 24.2 Å². The van der Waals surface area contributed by atoms with Crippen LogP contribution in [0.5, 0.6) is 0 Å². The molecule has 0 saturated heterocycles. The number of benzene rings is 1. The lowest BCUT2D eigenvalue weighted by Crippen LogP contribution is -2.37. The first kappa shape index (κ1) is 16.1. The zero-order valence-corrected chi connectivity index (χ0v) is 14.0. The van der Waals surface area contributed by atoms with E-state index in [1.54, 1.807) is 0 Å². The Morgan fingerprint density at radius 3 is 2.79 bits per heavy atom. The molecule has 1 aliphatic heterocycles. The first-order chi connectivity index (χ1) is 11.6. The maximum absolute atomic E-state index is 12.5. The highest BCUT2D eigenvalue weighted by Gasteiger charge is 2.22. The highest BCUT2D eigenvalue weighted by molar-refractivity contribution is 5.80. The second-order valence-corrected chi connectivity index (χ2v) is 6.10. The number of rotatable bonds is 4. The molecule has 0 bridgehead atoms. The lowest BCUT2D eigenvalue weighted by molar-refractivity contribution is -0.131. The lowest BCUT2D eigenvalue weighted by Gasteiger charge is -2.28. The Kier molecular flexibility index (Phi) is 4.84. The second kappa shape index (κ2) is 7.21. The highest BCUT2D eigenvalue weighted by Crippen LogP contribution is 2.19. The molecule has 3 rings (SSSR count). The fourth-order valence-electron chi connectivity index (χ4n) is 2.65. The van der Waals surface area contributed by atoms with E-state index in [9.17, 15) is 4.79 Å². The number of anilines is 1. The third kappa shape index (κ3) is 3.95. The topological polar surface area (TPSA) is 70.5 Å². The quantitative estimate of drug-likeness (QED) is 0.693. The number of hydrazone groups is 1. The number of nitrogens with one attached hydrogen (secondary N) is 1. The van der Waals surface area contributed by atoms with Crippen LogP contribution >= 0.6 is 0 Å². The molecule has 24 heavy (non-hydrogen) atoms. The number of aromatic nitrogens is 2. The molecule has 124 valence electrons. The average molecular weight is 323 g/mol. The third-order valence-corrected chi connectivity index (χ3v) is 3.88. The standard InChI is InChI=1S/C18H21N5O/c1-13(2)19-21-17-11-15-12-23(9-8-16(15)20-22-17)18(24)10-14-6-4-3-5-7-14/h3-7,11H,8-10,12H2,1-2H3,(H,21,22). The molecule has 0 aliphatic carbocycles. The number of amides is 1. The number of nitrogens with zero attached hydrogens (tertiary/aromatic N) is 4. The molecule has 1 aromatic heterocycles. The van der Waals surface area contributed by atoms with Crippen molar-refractivity contribution in [3.63, 3.8) is 0 Å². The van der Waals surface area contributed by atoms with Crippen molar-refractivity contribution in [2.45, 2.75) is 33.2 Å². The van der Waals surface area contributed by atoms with E-state index in [-0.39, 0.29) is 5.91 Å². The summed E-state index contributed by atoms with van der Waals surface area (Å²) in [4.78, 5) is 14.4. The summed E-state index contributed by atoms with van der Waals surface area (Å²) in [7, 11) is 0. The van der Waals surface area contributed by atoms with Gasteiger partial charge in [0.25, 0.3) is 0 Å². The number of fused-ring (bicyclic) bond motifs is 1. The zero-order chi connectivity index (χ0) is 16.9. The Morgan fingerprint density at radius 2 is 2.04 bits per heavy atom. The van der Waals surface area contributed by atoms with Crippen molar-refractivity contribution < 1.29 is 4.79 Å². The van der Waals surface area contributed by atoms with Crippen molar-refractivity contribution in [3.05, 3.63) is 53.2 Å². The van der Waals surface area contributed by atoms with E-state index in [4.69, 9.17) is 0 Å². The fourth-order valence-corrected chi connectivity index (χ4v) is 2.65. The Bertz CT molecular complexity index is 753. The smallest absolute Gasteiger partial charge is 0.227 e. The average Bonchev–Trinajstić information content (AvgIpc) is 2.60. The van der Waals surface area contributed by atoms with E-state index < -0.39 is 0 Å². The van der Waals surface area contributed by atoms with Crippen LogP contribution < -0.4 is 5.43 Å². The van der Waals surface area contributed by atoms with Crippen LogP contribution in [0.4, 0.5) is 5.82 Å². The minimum Gasteiger partial charge on any atom is -0.338 e. The van der Waals surface area contributed by atoms with Gasteiger partial charge in [-0.05, 0) is 31.0 Å². The van der Waals surface area contributed by atoms with Crippen molar-refractivity contribution >= 4 is 17.4 Å². The fraction of sp³-hybridized carbons (Fsp3) is 0.333. The van der Waals surface area contributed by atoms with Crippen molar-refractivity contribution in [1.82, 2.24) is 15.1 Å². The van der Waals surface area contributed by atoms with Gasteiger partial charge in [0.1, 0.15) is 0 Å². The summed E-state index contributed by atoms with van der Waals surface area (Å²) >= 11 is 0. The molecule has 6 nitrogen and oxygen atoms in total. The molecular weight excluding hydrogens is 302 g/mol. The van der Waals surface area contributed by atoms with Crippen LogP contribution in [0.1, 0.15) is 30.7 Å². The summed E-state index contributed by atoms with van der Waals surface area (Å²) in [6.45, 7) is 5.07. The lowest BCUT2D eigenvalue weighted by atomic mass is 10.0. The monoisotopic (exact) mass is 323 g/mol. The van der Waals surface area contributed by atoms with Crippen molar-refractivity contribution in [2.24, 2.45) is 5.10 Å². The maximum Gasteiger partial charge on any atom is 0.227 e. The van der Waals surface area contributed by atoms with Gasteiger partial charge in [0.15, 0.2) is 5.82 Å². The van der Waals surface area contributed by atoms with Crippen LogP contribution in [0.2, 0.25) is 0 Å². The van der Waals surface area contributed by atoms with Gasteiger partial charge < -0.3 is 4.90 Å². The molecule has 1 N–H and O–H groups in total. The van der Waals surface area contributed by atoms with Gasteiger partial charge in [-0.25, -0.2) is 0 Å². The Hall–Kier alpha value is -2.76. The van der Waals surface area contributed by atoms with E-state index >= 15 is 0 Å². The predicted octanol–water partition coefficient (Wildman–Crippen LogP) is 2.41. The number of carbonyl (C=O) groups excluding carboxylic acids is 1. The second-order valence-electron chi connectivity index (χ2n) is 6.10. The van der Waals surface area contributed by atoms with Crippen LogP contribution in [0.3, 0.4) is 0 Å². The molecule has 0 spiro atoms. The maximum atomic E-state index is 12.5. The van der Waals surface area contributed by atoms with Gasteiger partial charge in [-0.3, -0.25) is 10.2 Å². The first-order valence-corrected chi connectivity index (χ1v) is 8.06. The largest absolute Gasteiger partial charge is 0.338 e. The Labute approximate surface area is 141 Å². The summed E-state index contributed by atoms with van der Waals surface area (Å²) < 4.78 is 0. The summed E-state index contributed by atoms with van der Waals surface area (Å²) in [5, 5.41) is 12.5. The van der Waals surface area contributed by atoms with Gasteiger partial charge in [0.2, 0.25) is 5.91 Å². The SMILES string of the molecule is CC(C)=NNc1cc2c(nn1)CCN(C(=O)Cc1ccccc1)C2. The minimum atomic E-state index is 0.139. The van der Waals surface area contributed by atoms with Gasteiger partial charge in [0.05, 0.1) is 12.1 Å². The molecule has 0 atom stereocenters. The molecule has 1 amide bonds. The van der Waals surface area contributed by atoms with E-state index in [0.717, 1.165) is 29.0 Å². The summed E-state index contributed by atoms with van der Waals surface area (Å²) in [6, 6.07) is 11.8. The first-order valence-electron chi connectivity index (χ1n) is 8.06. The number of hydrogen-bond donors (Lipinski definition) is 1. The van der Waals surface area contributed by atoms with E-state index in [1.165, 1.54) is 0 Å². The Morgan fingerprint density at radius 1 is 1.25 bits per heavy atom. The van der Waals surface area contributed by atoms with Crippen molar-refractivity contribution in [2.75, 3.05) is 12.0 Å². The summed E-state index contributed by atoms with van der Waals surface area (Å²) in [5.74, 6) is 0.743. The van der Waals surface area contributed by atoms with E-state index in [0.29, 0.717) is 25.3 Å². The zero-order valence-electron chi connectivity index (χ0n) is 14.0. The van der Waals surface area contributed by atoms with E-state index in [1.807, 2.05) is 55.1 Å². The van der Waals surface area contributed by atoms with Gasteiger partial charge in [0, 0.05) is 25.2 Å². The molecule has 2 heterocycles. The summed E-state index contributed by atoms with van der Waals surface area (Å²) in [5.41, 5.74) is 6.83. The molecule has 2 aromatic rings. The molecule has 0 saturated carbocycles. The number of carbonyl (C=O) groups is 1. The van der Waals surface area contributed by atoms with Crippen molar-refractivity contribution in [3.8, 4) is 0 Å². The summed E-state index contributed by atoms with van der Waals surface area (Å²) in [6.07, 6.45) is 1.17. The highest BCUT2D eigenvalue weighted by atomic mass is 16.2. The predicted molar refractivity (Wildman–Crippen MR) is 93.7 cm³/mol. The molecule has 0 fully saturated rings. The molecular formula is C18H21N5O. The van der Waals surface area contributed by atoms with Gasteiger partial charge in [-0.15, -0.1) is 5.10 Å².